The summed E-state index contributed by atoms with van der Waals surface area (Å²) in [5, 5.41) is 0.567. The first-order valence-corrected chi connectivity index (χ1v) is 6.14. The minimum Gasteiger partial charge on any atom is -0.356 e. The molecule has 0 N–H and O–H groups in total. The molecule has 0 unspecified atom stereocenters. The average molecular weight is 259 g/mol. The molecule has 2 aromatic carbocycles. The van der Waals surface area contributed by atoms with Gasteiger partial charge in [0, 0.05) is 10.6 Å². The van der Waals surface area contributed by atoms with Crippen molar-refractivity contribution >= 4 is 17.4 Å². The van der Waals surface area contributed by atoms with Crippen LogP contribution in [0.5, 0.6) is 0 Å². The molecule has 1 aliphatic rings. The number of halogens is 1. The lowest BCUT2D eigenvalue weighted by Crippen LogP contribution is -2.08. The summed E-state index contributed by atoms with van der Waals surface area (Å²) < 4.78 is 5.47. The molecule has 2 aromatic rings. The first kappa shape index (κ1) is 11.5. The van der Waals surface area contributed by atoms with Gasteiger partial charge in [-0.15, -0.1) is 0 Å². The Morgan fingerprint density at radius 1 is 1.06 bits per heavy atom. The maximum Gasteiger partial charge on any atom is 0.194 e. The predicted molar refractivity (Wildman–Crippen MR) is 69.8 cm³/mol. The predicted octanol–water partition coefficient (Wildman–Crippen LogP) is 3.66. The first-order valence-electron chi connectivity index (χ1n) is 5.76. The number of carbonyl (C=O) groups is 1. The van der Waals surface area contributed by atoms with Gasteiger partial charge < -0.3 is 4.74 Å². The van der Waals surface area contributed by atoms with E-state index < -0.39 is 0 Å². The second kappa shape index (κ2) is 4.56. The number of Topliss-reactive ketones (excluding diaryl/α,β-unsaturated/α-hetero) is 1. The molecule has 2 atom stereocenters. The van der Waals surface area contributed by atoms with Crippen molar-refractivity contribution in [2.24, 2.45) is 0 Å². The third-order valence-corrected chi connectivity index (χ3v) is 3.22. The van der Waals surface area contributed by atoms with Crippen molar-refractivity contribution in [2.45, 2.75) is 12.2 Å². The molecule has 90 valence electrons. The van der Waals surface area contributed by atoms with Crippen LogP contribution in [-0.2, 0) is 4.74 Å². The van der Waals surface area contributed by atoms with Crippen molar-refractivity contribution in [1.29, 1.82) is 0 Å². The Kier molecular flexibility index (Phi) is 2.90. The highest BCUT2D eigenvalue weighted by Crippen LogP contribution is 2.40. The van der Waals surface area contributed by atoms with Crippen molar-refractivity contribution in [1.82, 2.24) is 0 Å². The van der Waals surface area contributed by atoms with E-state index in [1.165, 1.54) is 0 Å². The van der Waals surface area contributed by atoms with Crippen molar-refractivity contribution in [3.63, 3.8) is 0 Å². The van der Waals surface area contributed by atoms with Crippen LogP contribution in [0.4, 0.5) is 0 Å². The first-order chi connectivity index (χ1) is 8.75. The average Bonchev–Trinajstić information content (AvgIpc) is 3.19. The van der Waals surface area contributed by atoms with E-state index in [1.807, 2.05) is 30.3 Å². The van der Waals surface area contributed by atoms with E-state index in [9.17, 15) is 4.79 Å². The lowest BCUT2D eigenvalue weighted by atomic mass is 10.0. The van der Waals surface area contributed by atoms with Gasteiger partial charge in [0.1, 0.15) is 6.10 Å². The van der Waals surface area contributed by atoms with Gasteiger partial charge in [0.2, 0.25) is 0 Å². The van der Waals surface area contributed by atoms with E-state index in [4.69, 9.17) is 16.3 Å². The highest BCUT2D eigenvalue weighted by atomic mass is 35.5. The molecule has 3 rings (SSSR count). The number of ether oxygens (including phenoxy) is 1. The topological polar surface area (TPSA) is 29.6 Å². The van der Waals surface area contributed by atoms with E-state index in [0.29, 0.717) is 10.6 Å². The van der Waals surface area contributed by atoms with E-state index in [1.54, 1.807) is 24.3 Å². The Labute approximate surface area is 110 Å². The van der Waals surface area contributed by atoms with Crippen LogP contribution in [0.2, 0.25) is 5.02 Å². The fourth-order valence-electron chi connectivity index (χ4n) is 2.01. The summed E-state index contributed by atoms with van der Waals surface area (Å²) >= 11 is 5.87. The van der Waals surface area contributed by atoms with E-state index in [2.05, 4.69) is 0 Å². The number of epoxide rings is 1. The summed E-state index contributed by atoms with van der Waals surface area (Å²) in [5.41, 5.74) is 1.64. The summed E-state index contributed by atoms with van der Waals surface area (Å²) in [6.07, 6.45) is -0.483. The largest absolute Gasteiger partial charge is 0.356 e. The molecule has 1 aliphatic heterocycles. The molecule has 0 radical (unpaired) electrons. The Bertz CT molecular complexity index is 580. The molecular weight excluding hydrogens is 248 g/mol. The summed E-state index contributed by atoms with van der Waals surface area (Å²) in [7, 11) is 0. The summed E-state index contributed by atoms with van der Waals surface area (Å²) in [4.78, 5) is 12.2. The molecule has 1 heterocycles. The van der Waals surface area contributed by atoms with Gasteiger partial charge >= 0.3 is 0 Å². The van der Waals surface area contributed by atoms with Crippen molar-refractivity contribution in [2.75, 3.05) is 0 Å². The fraction of sp³-hybridized carbons (Fsp3) is 0.133. The SMILES string of the molecule is O=C(c1cccc(Cl)c1)[C@@H]1O[C@H]1c1ccccc1. The number of ketones is 1. The Balaban J connectivity index is 1.77. The number of hydrogen-bond donors (Lipinski definition) is 0. The summed E-state index contributed by atoms with van der Waals surface area (Å²) in [6.45, 7) is 0. The van der Waals surface area contributed by atoms with Gasteiger partial charge in [-0.2, -0.15) is 0 Å². The molecule has 0 aromatic heterocycles. The van der Waals surface area contributed by atoms with Gasteiger partial charge in [-0.05, 0) is 17.7 Å². The molecule has 1 fully saturated rings. The minimum absolute atomic E-state index is 0.00801. The van der Waals surface area contributed by atoms with E-state index >= 15 is 0 Å². The number of carbonyl (C=O) groups excluding carboxylic acids is 1. The molecule has 3 heteroatoms. The number of rotatable bonds is 3. The highest BCUT2D eigenvalue weighted by Gasteiger charge is 2.46. The number of benzene rings is 2. The Morgan fingerprint density at radius 2 is 1.83 bits per heavy atom. The van der Waals surface area contributed by atoms with Crippen molar-refractivity contribution < 1.29 is 9.53 Å². The van der Waals surface area contributed by atoms with Gasteiger partial charge in [-0.25, -0.2) is 0 Å². The van der Waals surface area contributed by atoms with Gasteiger partial charge in [0.25, 0.3) is 0 Å². The molecule has 18 heavy (non-hydrogen) atoms. The van der Waals surface area contributed by atoms with Crippen molar-refractivity contribution in [3.05, 3.63) is 70.7 Å². The zero-order valence-corrected chi connectivity index (χ0v) is 10.3. The molecular formula is C15H11ClO2. The van der Waals surface area contributed by atoms with Crippen LogP contribution >= 0.6 is 11.6 Å². The number of hydrogen-bond acceptors (Lipinski definition) is 2. The normalized spacial score (nSPS) is 21.6. The second-order valence-electron chi connectivity index (χ2n) is 4.26. The molecule has 2 nitrogen and oxygen atoms in total. The quantitative estimate of drug-likeness (QED) is 0.621. The monoisotopic (exact) mass is 258 g/mol. The minimum atomic E-state index is -0.370. The Hall–Kier alpha value is -1.64. The Morgan fingerprint density at radius 3 is 2.56 bits per heavy atom. The summed E-state index contributed by atoms with van der Waals surface area (Å²) in [5.74, 6) is -0.00801. The van der Waals surface area contributed by atoms with Crippen LogP contribution in [-0.4, -0.2) is 11.9 Å². The van der Waals surface area contributed by atoms with Gasteiger partial charge in [-0.1, -0.05) is 54.1 Å². The van der Waals surface area contributed by atoms with Crippen LogP contribution in [0.3, 0.4) is 0 Å². The van der Waals surface area contributed by atoms with E-state index in [0.717, 1.165) is 5.56 Å². The highest BCUT2D eigenvalue weighted by molar-refractivity contribution is 6.31. The van der Waals surface area contributed by atoms with Crippen LogP contribution in [0.15, 0.2) is 54.6 Å². The molecule has 0 saturated carbocycles. The van der Waals surface area contributed by atoms with Gasteiger partial charge in [0.15, 0.2) is 11.9 Å². The van der Waals surface area contributed by atoms with Gasteiger partial charge in [-0.3, -0.25) is 4.79 Å². The molecule has 0 aliphatic carbocycles. The van der Waals surface area contributed by atoms with Crippen LogP contribution in [0.25, 0.3) is 0 Å². The zero-order chi connectivity index (χ0) is 12.5. The molecule has 0 spiro atoms. The second-order valence-corrected chi connectivity index (χ2v) is 4.70. The van der Waals surface area contributed by atoms with E-state index in [-0.39, 0.29) is 18.0 Å². The maximum absolute atomic E-state index is 12.2. The molecule has 1 saturated heterocycles. The van der Waals surface area contributed by atoms with Crippen molar-refractivity contribution in [3.8, 4) is 0 Å². The fourth-order valence-corrected chi connectivity index (χ4v) is 2.20. The lowest BCUT2D eigenvalue weighted by molar-refractivity contribution is 0.0953. The molecule has 0 bridgehead atoms. The maximum atomic E-state index is 12.2. The van der Waals surface area contributed by atoms with Gasteiger partial charge in [0.05, 0.1) is 0 Å². The third kappa shape index (κ3) is 2.17. The third-order valence-electron chi connectivity index (χ3n) is 2.99. The van der Waals surface area contributed by atoms with Crippen LogP contribution in [0.1, 0.15) is 22.0 Å². The summed E-state index contributed by atoms with van der Waals surface area (Å²) in [6, 6.07) is 16.7. The van der Waals surface area contributed by atoms with Crippen LogP contribution < -0.4 is 0 Å². The smallest absolute Gasteiger partial charge is 0.194 e. The lowest BCUT2D eigenvalue weighted by Gasteiger charge is -1.98. The standard InChI is InChI=1S/C15H11ClO2/c16-12-8-4-7-11(9-12)13(17)15-14(18-15)10-5-2-1-3-6-10/h1-9,14-15H/t14-,15-/m0/s1. The molecule has 0 amide bonds. The zero-order valence-electron chi connectivity index (χ0n) is 9.55. The van der Waals surface area contributed by atoms with Crippen LogP contribution in [0, 0.1) is 0 Å².